The molecule has 1 aliphatic carbocycles. The number of aryl methyl sites for hydroxylation is 1. The van der Waals surface area contributed by atoms with Gasteiger partial charge in [-0.3, -0.25) is 0 Å². The van der Waals surface area contributed by atoms with Crippen LogP contribution in [0.2, 0.25) is 0 Å². The monoisotopic (exact) mass is 541 g/mol. The molecule has 0 aliphatic heterocycles. The van der Waals surface area contributed by atoms with Crippen LogP contribution in [0.15, 0.2) is 36.8 Å². The molecule has 204 valence electrons. The number of hydrogen-bond donors (Lipinski definition) is 1. The first-order valence-corrected chi connectivity index (χ1v) is 12.1. The first-order chi connectivity index (χ1) is 18.7. The minimum Gasteiger partial charge on any atom is -0.496 e. The standard InChI is InChI=1S/C26H26F3N7O3/c1-14-9-20(26(27,28)29)35-36(14)17-8-7-16(18(10-17)37-2)11-30-23-19(38-3)12-31-24(34-23)21-22(15-5-6-15)32-13-33-25(21)39-4/h7-10,12-13,15H,5-6,11H2,1-4H3,(H,30,31,34). The van der Waals surface area contributed by atoms with Gasteiger partial charge in [-0.15, -0.1) is 0 Å². The molecule has 39 heavy (non-hydrogen) atoms. The van der Waals surface area contributed by atoms with Gasteiger partial charge in [0.2, 0.25) is 5.88 Å². The maximum atomic E-state index is 13.1. The number of aromatic nitrogens is 6. The molecule has 0 atom stereocenters. The van der Waals surface area contributed by atoms with Crippen molar-refractivity contribution in [1.82, 2.24) is 29.7 Å². The van der Waals surface area contributed by atoms with Gasteiger partial charge in [-0.05, 0) is 31.9 Å². The number of nitrogens with zero attached hydrogens (tertiary/aromatic N) is 6. The van der Waals surface area contributed by atoms with Crippen molar-refractivity contribution in [1.29, 1.82) is 0 Å². The Labute approximate surface area is 222 Å². The zero-order valence-electron chi connectivity index (χ0n) is 21.7. The van der Waals surface area contributed by atoms with Crippen LogP contribution in [0.4, 0.5) is 19.0 Å². The first-order valence-electron chi connectivity index (χ1n) is 12.1. The summed E-state index contributed by atoms with van der Waals surface area (Å²) in [6, 6.07) is 6.07. The molecule has 0 unspecified atom stereocenters. The summed E-state index contributed by atoms with van der Waals surface area (Å²) in [4.78, 5) is 17.9. The van der Waals surface area contributed by atoms with E-state index < -0.39 is 11.9 Å². The van der Waals surface area contributed by atoms with Crippen molar-refractivity contribution in [3.63, 3.8) is 0 Å². The number of benzene rings is 1. The molecule has 5 rings (SSSR count). The molecule has 0 spiro atoms. The van der Waals surface area contributed by atoms with Crippen molar-refractivity contribution in [2.75, 3.05) is 26.6 Å². The average Bonchev–Trinajstić information content (AvgIpc) is 3.71. The van der Waals surface area contributed by atoms with E-state index in [1.165, 1.54) is 32.3 Å². The number of hydrogen-bond acceptors (Lipinski definition) is 9. The molecule has 4 aromatic rings. The molecule has 1 N–H and O–H groups in total. The second-order valence-electron chi connectivity index (χ2n) is 8.96. The predicted molar refractivity (Wildman–Crippen MR) is 135 cm³/mol. The molecule has 1 aromatic carbocycles. The first kappa shape index (κ1) is 26.2. The Hall–Kier alpha value is -4.42. The number of halogens is 3. The highest BCUT2D eigenvalue weighted by molar-refractivity contribution is 5.68. The van der Waals surface area contributed by atoms with Crippen molar-refractivity contribution in [2.24, 2.45) is 0 Å². The van der Waals surface area contributed by atoms with E-state index in [1.807, 2.05) is 0 Å². The van der Waals surface area contributed by atoms with Crippen LogP contribution in [-0.4, -0.2) is 51.0 Å². The molecule has 0 saturated heterocycles. The van der Waals surface area contributed by atoms with Crippen LogP contribution in [0, 0.1) is 6.92 Å². The largest absolute Gasteiger partial charge is 0.496 e. The summed E-state index contributed by atoms with van der Waals surface area (Å²) in [7, 11) is 4.54. The van der Waals surface area contributed by atoms with Crippen LogP contribution in [0.1, 0.15) is 41.4 Å². The summed E-state index contributed by atoms with van der Waals surface area (Å²) in [5.41, 5.74) is 2.06. The summed E-state index contributed by atoms with van der Waals surface area (Å²) < 4.78 is 57.1. The minimum absolute atomic E-state index is 0.278. The van der Waals surface area contributed by atoms with Crippen molar-refractivity contribution in [3.05, 3.63) is 59.4 Å². The van der Waals surface area contributed by atoms with Crippen molar-refractivity contribution < 1.29 is 27.4 Å². The van der Waals surface area contributed by atoms with Gasteiger partial charge in [0.1, 0.15) is 17.6 Å². The Kier molecular flexibility index (Phi) is 6.98. The van der Waals surface area contributed by atoms with Gasteiger partial charge >= 0.3 is 6.18 Å². The zero-order valence-corrected chi connectivity index (χ0v) is 21.7. The van der Waals surface area contributed by atoms with Crippen molar-refractivity contribution in [3.8, 4) is 34.5 Å². The van der Waals surface area contributed by atoms with Crippen LogP contribution in [0.3, 0.4) is 0 Å². The molecule has 10 nitrogen and oxygen atoms in total. The maximum absolute atomic E-state index is 13.1. The lowest BCUT2D eigenvalue weighted by Crippen LogP contribution is -2.09. The molecule has 1 fully saturated rings. The average molecular weight is 542 g/mol. The van der Waals surface area contributed by atoms with E-state index in [2.05, 4.69) is 25.4 Å². The van der Waals surface area contributed by atoms with Crippen LogP contribution in [0.5, 0.6) is 17.4 Å². The van der Waals surface area contributed by atoms with Gasteiger partial charge in [0.05, 0.1) is 38.9 Å². The lowest BCUT2D eigenvalue weighted by Gasteiger charge is -2.16. The molecule has 1 saturated carbocycles. The van der Waals surface area contributed by atoms with Gasteiger partial charge < -0.3 is 19.5 Å². The molecule has 0 radical (unpaired) electrons. The van der Waals surface area contributed by atoms with Crippen LogP contribution < -0.4 is 19.5 Å². The van der Waals surface area contributed by atoms with E-state index >= 15 is 0 Å². The number of ether oxygens (including phenoxy) is 3. The van der Waals surface area contributed by atoms with Gasteiger partial charge in [-0.25, -0.2) is 24.6 Å². The molecule has 3 heterocycles. The number of anilines is 1. The Morgan fingerprint density at radius 3 is 2.41 bits per heavy atom. The topological polar surface area (TPSA) is 109 Å². The lowest BCUT2D eigenvalue weighted by molar-refractivity contribution is -0.141. The number of nitrogens with one attached hydrogen (secondary N) is 1. The number of rotatable bonds is 9. The van der Waals surface area contributed by atoms with Gasteiger partial charge in [-0.1, -0.05) is 6.07 Å². The SMILES string of the molecule is COc1cc(-n2nc(C(F)(F)F)cc2C)ccc1CNc1nc(-c2c(OC)ncnc2C2CC2)ncc1OC. The predicted octanol–water partition coefficient (Wildman–Crippen LogP) is 4.96. The summed E-state index contributed by atoms with van der Waals surface area (Å²) in [6.45, 7) is 1.84. The van der Waals surface area contributed by atoms with Gasteiger partial charge in [0.15, 0.2) is 23.1 Å². The van der Waals surface area contributed by atoms with E-state index in [4.69, 9.17) is 19.2 Å². The number of methoxy groups -OCH3 is 3. The number of alkyl halides is 3. The van der Waals surface area contributed by atoms with Crippen LogP contribution in [0.25, 0.3) is 17.1 Å². The lowest BCUT2D eigenvalue weighted by atomic mass is 10.1. The smallest absolute Gasteiger partial charge is 0.435 e. The summed E-state index contributed by atoms with van der Waals surface area (Å²) in [6.07, 6.45) is 0.560. The fourth-order valence-electron chi connectivity index (χ4n) is 4.25. The molecular formula is C26H26F3N7O3. The fraction of sp³-hybridized carbons (Fsp3) is 0.346. The normalized spacial score (nSPS) is 13.3. The molecule has 0 bridgehead atoms. The van der Waals surface area contributed by atoms with E-state index in [-0.39, 0.29) is 6.54 Å². The second kappa shape index (κ2) is 10.4. The summed E-state index contributed by atoms with van der Waals surface area (Å²) in [5.74, 6) is 2.42. The maximum Gasteiger partial charge on any atom is 0.435 e. The highest BCUT2D eigenvalue weighted by atomic mass is 19.4. The van der Waals surface area contributed by atoms with Crippen LogP contribution in [-0.2, 0) is 12.7 Å². The third kappa shape index (κ3) is 5.29. The fourth-order valence-corrected chi connectivity index (χ4v) is 4.25. The third-order valence-electron chi connectivity index (χ3n) is 6.34. The summed E-state index contributed by atoms with van der Waals surface area (Å²) >= 11 is 0. The molecule has 1 aliphatic rings. The Morgan fingerprint density at radius 1 is 1.00 bits per heavy atom. The Bertz CT molecular complexity index is 1500. The minimum atomic E-state index is -4.53. The molecule has 3 aromatic heterocycles. The van der Waals surface area contributed by atoms with Gasteiger partial charge in [-0.2, -0.15) is 18.3 Å². The van der Waals surface area contributed by atoms with Crippen molar-refractivity contribution >= 4 is 5.82 Å². The van der Waals surface area contributed by atoms with E-state index in [0.717, 1.165) is 30.2 Å². The highest BCUT2D eigenvalue weighted by Gasteiger charge is 2.35. The van der Waals surface area contributed by atoms with E-state index in [9.17, 15) is 13.2 Å². The Balaban J connectivity index is 1.43. The molecule has 0 amide bonds. The van der Waals surface area contributed by atoms with Gasteiger partial charge in [0, 0.05) is 29.8 Å². The second-order valence-corrected chi connectivity index (χ2v) is 8.96. The van der Waals surface area contributed by atoms with E-state index in [0.29, 0.717) is 51.9 Å². The summed E-state index contributed by atoms with van der Waals surface area (Å²) in [5, 5.41) is 6.97. The van der Waals surface area contributed by atoms with Crippen LogP contribution >= 0.6 is 0 Å². The van der Waals surface area contributed by atoms with E-state index in [1.54, 1.807) is 31.3 Å². The highest BCUT2D eigenvalue weighted by Crippen LogP contribution is 2.45. The molecular weight excluding hydrogens is 515 g/mol. The van der Waals surface area contributed by atoms with Gasteiger partial charge in [0.25, 0.3) is 0 Å². The zero-order chi connectivity index (χ0) is 27.7. The molecule has 13 heteroatoms. The van der Waals surface area contributed by atoms with Crippen molar-refractivity contribution in [2.45, 2.75) is 38.4 Å². The third-order valence-corrected chi connectivity index (χ3v) is 6.34. The Morgan fingerprint density at radius 2 is 1.77 bits per heavy atom. The quantitative estimate of drug-likeness (QED) is 0.314.